The van der Waals surface area contributed by atoms with Gasteiger partial charge in [-0.2, -0.15) is 0 Å². The van der Waals surface area contributed by atoms with Gasteiger partial charge < -0.3 is 10.2 Å². The number of piperidine rings is 1. The van der Waals surface area contributed by atoms with Crippen LogP contribution in [0.25, 0.3) is 10.8 Å². The highest BCUT2D eigenvalue weighted by Gasteiger charge is 2.19. The summed E-state index contributed by atoms with van der Waals surface area (Å²) in [5.74, 6) is 1.91. The van der Waals surface area contributed by atoms with Crippen molar-refractivity contribution in [3.63, 3.8) is 0 Å². The molecule has 0 bridgehead atoms. The number of nitrogens with zero attached hydrogens (tertiary/aromatic N) is 2. The standard InChI is InChI=1S/C16H20ClN3/c1-11-5-7-20(8-6-11)16-13-4-3-12(17)9-14(13)15(18-2)10-19-16/h3-4,9-11,18H,5-8H2,1-2H3. The van der Waals surface area contributed by atoms with Crippen molar-refractivity contribution in [3.8, 4) is 0 Å². The van der Waals surface area contributed by atoms with E-state index in [1.54, 1.807) is 0 Å². The first-order valence-electron chi connectivity index (χ1n) is 7.20. The van der Waals surface area contributed by atoms with Gasteiger partial charge in [-0.05, 0) is 37.0 Å². The van der Waals surface area contributed by atoms with Gasteiger partial charge in [0.25, 0.3) is 0 Å². The minimum absolute atomic E-state index is 0.762. The molecule has 1 saturated heterocycles. The lowest BCUT2D eigenvalue weighted by molar-refractivity contribution is 0.437. The van der Waals surface area contributed by atoms with E-state index in [9.17, 15) is 0 Å². The Morgan fingerprint density at radius 2 is 2.00 bits per heavy atom. The van der Waals surface area contributed by atoms with Crippen molar-refractivity contribution >= 4 is 33.9 Å². The fourth-order valence-corrected chi connectivity index (χ4v) is 3.04. The molecule has 1 aromatic heterocycles. The van der Waals surface area contributed by atoms with Crippen LogP contribution in [0.2, 0.25) is 5.02 Å². The van der Waals surface area contributed by atoms with E-state index in [-0.39, 0.29) is 0 Å². The summed E-state index contributed by atoms with van der Waals surface area (Å²) in [6.07, 6.45) is 4.39. The summed E-state index contributed by atoms with van der Waals surface area (Å²) in [6, 6.07) is 6.04. The zero-order valence-corrected chi connectivity index (χ0v) is 12.7. The quantitative estimate of drug-likeness (QED) is 0.899. The summed E-state index contributed by atoms with van der Waals surface area (Å²) in [7, 11) is 1.92. The number of fused-ring (bicyclic) bond motifs is 1. The predicted octanol–water partition coefficient (Wildman–Crippen LogP) is 4.17. The molecule has 1 aliphatic heterocycles. The van der Waals surface area contributed by atoms with Crippen molar-refractivity contribution in [2.75, 3.05) is 30.4 Å². The lowest BCUT2D eigenvalue weighted by Crippen LogP contribution is -2.33. The van der Waals surface area contributed by atoms with Crippen LogP contribution in [-0.2, 0) is 0 Å². The number of benzene rings is 1. The highest BCUT2D eigenvalue weighted by molar-refractivity contribution is 6.31. The molecule has 0 saturated carbocycles. The van der Waals surface area contributed by atoms with Crippen LogP contribution in [0.5, 0.6) is 0 Å². The summed E-state index contributed by atoms with van der Waals surface area (Å²) in [4.78, 5) is 7.07. The Bertz CT molecular complexity index is 618. The molecular weight excluding hydrogens is 270 g/mol. The second-order valence-electron chi connectivity index (χ2n) is 5.60. The molecule has 0 unspecified atom stereocenters. The van der Waals surface area contributed by atoms with Gasteiger partial charge in [-0.1, -0.05) is 18.5 Å². The van der Waals surface area contributed by atoms with Crippen molar-refractivity contribution in [3.05, 3.63) is 29.4 Å². The van der Waals surface area contributed by atoms with Gasteiger partial charge in [0.1, 0.15) is 5.82 Å². The van der Waals surface area contributed by atoms with Crippen molar-refractivity contribution in [2.24, 2.45) is 5.92 Å². The summed E-state index contributed by atoms with van der Waals surface area (Å²) >= 11 is 6.14. The third-order valence-corrected chi connectivity index (χ3v) is 4.42. The number of nitrogens with one attached hydrogen (secondary N) is 1. The van der Waals surface area contributed by atoms with Crippen LogP contribution in [0, 0.1) is 5.92 Å². The number of hydrogen-bond acceptors (Lipinski definition) is 3. The molecule has 0 amide bonds. The van der Waals surface area contributed by atoms with E-state index in [2.05, 4.69) is 28.2 Å². The van der Waals surface area contributed by atoms with E-state index in [4.69, 9.17) is 11.6 Å². The normalized spacial score (nSPS) is 16.6. The maximum Gasteiger partial charge on any atom is 0.136 e. The van der Waals surface area contributed by atoms with Crippen LogP contribution in [0.3, 0.4) is 0 Å². The third-order valence-electron chi connectivity index (χ3n) is 4.18. The fourth-order valence-electron chi connectivity index (χ4n) is 2.87. The van der Waals surface area contributed by atoms with Crippen molar-refractivity contribution < 1.29 is 0 Å². The van der Waals surface area contributed by atoms with Crippen LogP contribution >= 0.6 is 11.6 Å². The molecule has 1 N–H and O–H groups in total. The first-order chi connectivity index (χ1) is 9.69. The molecule has 3 rings (SSSR count). The molecule has 2 aromatic rings. The first kappa shape index (κ1) is 13.5. The van der Waals surface area contributed by atoms with Gasteiger partial charge in [0, 0.05) is 35.9 Å². The predicted molar refractivity (Wildman–Crippen MR) is 86.9 cm³/mol. The largest absolute Gasteiger partial charge is 0.386 e. The minimum atomic E-state index is 0.762. The van der Waals surface area contributed by atoms with Crippen molar-refractivity contribution in [1.29, 1.82) is 0 Å². The Morgan fingerprint density at radius 3 is 2.70 bits per heavy atom. The zero-order chi connectivity index (χ0) is 14.1. The highest BCUT2D eigenvalue weighted by atomic mass is 35.5. The van der Waals surface area contributed by atoms with Crippen LogP contribution in [0.15, 0.2) is 24.4 Å². The summed E-state index contributed by atoms with van der Waals surface area (Å²) in [5.41, 5.74) is 1.02. The number of hydrogen-bond donors (Lipinski definition) is 1. The molecule has 20 heavy (non-hydrogen) atoms. The molecule has 4 heteroatoms. The Kier molecular flexibility index (Phi) is 3.70. The van der Waals surface area contributed by atoms with Crippen LogP contribution in [0.1, 0.15) is 19.8 Å². The maximum atomic E-state index is 6.14. The Labute approximate surface area is 124 Å². The van der Waals surface area contributed by atoms with Crippen LogP contribution in [0.4, 0.5) is 11.5 Å². The number of pyridine rings is 1. The molecule has 1 aliphatic rings. The molecule has 0 aliphatic carbocycles. The summed E-state index contributed by atoms with van der Waals surface area (Å²) < 4.78 is 0. The molecular formula is C16H20ClN3. The van der Waals surface area contributed by atoms with E-state index in [1.807, 2.05) is 25.4 Å². The SMILES string of the molecule is CNc1cnc(N2CCC(C)CC2)c2ccc(Cl)cc12. The van der Waals surface area contributed by atoms with Gasteiger partial charge in [0.05, 0.1) is 11.9 Å². The Balaban J connectivity index is 2.07. The highest BCUT2D eigenvalue weighted by Crippen LogP contribution is 2.33. The lowest BCUT2D eigenvalue weighted by atomic mass is 9.99. The van der Waals surface area contributed by atoms with E-state index < -0.39 is 0 Å². The topological polar surface area (TPSA) is 28.2 Å². The number of anilines is 2. The van der Waals surface area contributed by atoms with Gasteiger partial charge in [0.2, 0.25) is 0 Å². The average Bonchev–Trinajstić information content (AvgIpc) is 2.47. The number of aromatic nitrogens is 1. The summed E-state index contributed by atoms with van der Waals surface area (Å²) in [6.45, 7) is 4.50. The fraction of sp³-hybridized carbons (Fsp3) is 0.438. The van der Waals surface area contributed by atoms with Gasteiger partial charge in [-0.15, -0.1) is 0 Å². The molecule has 2 heterocycles. The number of halogens is 1. The molecule has 106 valence electrons. The van der Waals surface area contributed by atoms with Crippen molar-refractivity contribution in [2.45, 2.75) is 19.8 Å². The van der Waals surface area contributed by atoms with Gasteiger partial charge in [0.15, 0.2) is 0 Å². The van der Waals surface area contributed by atoms with Crippen LogP contribution in [-0.4, -0.2) is 25.1 Å². The van der Waals surface area contributed by atoms with Gasteiger partial charge >= 0.3 is 0 Å². The molecule has 1 fully saturated rings. The van der Waals surface area contributed by atoms with Crippen LogP contribution < -0.4 is 10.2 Å². The second-order valence-corrected chi connectivity index (χ2v) is 6.04. The van der Waals surface area contributed by atoms with E-state index in [0.717, 1.165) is 40.9 Å². The molecule has 1 aromatic carbocycles. The lowest BCUT2D eigenvalue weighted by Gasteiger charge is -2.32. The molecule has 0 spiro atoms. The van der Waals surface area contributed by atoms with Gasteiger partial charge in [-0.3, -0.25) is 0 Å². The smallest absolute Gasteiger partial charge is 0.136 e. The second kappa shape index (κ2) is 5.49. The third kappa shape index (κ3) is 2.42. The van der Waals surface area contributed by atoms with E-state index in [1.165, 1.54) is 18.2 Å². The monoisotopic (exact) mass is 289 g/mol. The molecule has 0 radical (unpaired) electrons. The van der Waals surface area contributed by atoms with E-state index >= 15 is 0 Å². The van der Waals surface area contributed by atoms with E-state index in [0.29, 0.717) is 0 Å². The number of rotatable bonds is 2. The molecule has 0 atom stereocenters. The minimum Gasteiger partial charge on any atom is -0.386 e. The molecule has 3 nitrogen and oxygen atoms in total. The van der Waals surface area contributed by atoms with Gasteiger partial charge in [-0.25, -0.2) is 4.98 Å². The maximum absolute atomic E-state index is 6.14. The Hall–Kier alpha value is -1.48. The Morgan fingerprint density at radius 1 is 1.25 bits per heavy atom. The summed E-state index contributed by atoms with van der Waals surface area (Å²) in [5, 5.41) is 6.28. The zero-order valence-electron chi connectivity index (χ0n) is 12.0. The first-order valence-corrected chi connectivity index (χ1v) is 7.58. The van der Waals surface area contributed by atoms with Crippen molar-refractivity contribution in [1.82, 2.24) is 4.98 Å². The average molecular weight is 290 g/mol.